The third kappa shape index (κ3) is 5.06. The second-order valence-corrected chi connectivity index (χ2v) is 5.99. The number of methoxy groups -OCH3 is 1. The molecule has 0 aromatic heterocycles. The number of nitrogens with one attached hydrogen (secondary N) is 1. The third-order valence-electron chi connectivity index (χ3n) is 3.03. The van der Waals surface area contributed by atoms with Crippen LogP contribution in [0.4, 0.5) is 4.79 Å². The van der Waals surface area contributed by atoms with Gasteiger partial charge in [0.15, 0.2) is 0 Å². The van der Waals surface area contributed by atoms with Crippen LogP contribution in [-0.4, -0.2) is 56.4 Å². The zero-order valence-electron chi connectivity index (χ0n) is 12.4. The van der Waals surface area contributed by atoms with E-state index >= 15 is 0 Å². The molecule has 1 aliphatic rings. The number of esters is 1. The molecule has 2 atom stereocenters. The van der Waals surface area contributed by atoms with Crippen LogP contribution in [0.5, 0.6) is 0 Å². The zero-order valence-corrected chi connectivity index (χ0v) is 12.4. The van der Waals surface area contributed by atoms with Crippen molar-refractivity contribution in [3.63, 3.8) is 0 Å². The molecule has 6 nitrogen and oxygen atoms in total. The minimum Gasteiger partial charge on any atom is -0.469 e. The minimum absolute atomic E-state index is 0.0602. The van der Waals surface area contributed by atoms with Crippen LogP contribution >= 0.6 is 0 Å². The fourth-order valence-electron chi connectivity index (χ4n) is 2.24. The molecule has 0 radical (unpaired) electrons. The molecule has 0 aromatic carbocycles. The van der Waals surface area contributed by atoms with Gasteiger partial charge >= 0.3 is 12.1 Å². The lowest BCUT2D eigenvalue weighted by molar-refractivity contribution is -0.146. The number of hydrogen-bond acceptors (Lipinski definition) is 5. The summed E-state index contributed by atoms with van der Waals surface area (Å²) in [5, 5.41) is 2.72. The van der Waals surface area contributed by atoms with E-state index < -0.39 is 11.7 Å². The van der Waals surface area contributed by atoms with Crippen molar-refractivity contribution < 1.29 is 19.1 Å². The number of carbonyl (C=O) groups is 2. The van der Waals surface area contributed by atoms with Crippen LogP contribution in [0.2, 0.25) is 0 Å². The molecule has 1 N–H and O–H groups in total. The van der Waals surface area contributed by atoms with Crippen molar-refractivity contribution in [1.82, 2.24) is 10.2 Å². The summed E-state index contributed by atoms with van der Waals surface area (Å²) in [6.45, 7) is 7.27. The highest BCUT2D eigenvalue weighted by atomic mass is 16.6. The fourth-order valence-corrected chi connectivity index (χ4v) is 2.24. The number of ether oxygens (including phenoxy) is 2. The summed E-state index contributed by atoms with van der Waals surface area (Å²) in [6.07, 6.45) is -0.453. The molecular weight excluding hydrogens is 248 g/mol. The average Bonchev–Trinajstić information content (AvgIpc) is 2.64. The monoisotopic (exact) mass is 272 g/mol. The Bertz CT molecular complexity index is 338. The van der Waals surface area contributed by atoms with Gasteiger partial charge in [0.1, 0.15) is 5.60 Å². The van der Waals surface area contributed by atoms with E-state index in [9.17, 15) is 9.59 Å². The summed E-state index contributed by atoms with van der Waals surface area (Å²) in [7, 11) is 3.34. The molecule has 1 rings (SSSR count). The molecule has 19 heavy (non-hydrogen) atoms. The normalized spacial score (nSPS) is 24.1. The first kappa shape index (κ1) is 15.8. The van der Waals surface area contributed by atoms with Crippen molar-refractivity contribution >= 4 is 12.1 Å². The van der Waals surface area contributed by atoms with Gasteiger partial charge in [0.2, 0.25) is 0 Å². The van der Waals surface area contributed by atoms with Crippen LogP contribution in [0.3, 0.4) is 0 Å². The number of carbonyl (C=O) groups excluding carboxylic acids is 2. The SMILES string of the molecule is COC(=O)[C@H]1CN(C)C[C@H]1CNC(=O)OC(C)(C)C. The third-order valence-corrected chi connectivity index (χ3v) is 3.03. The van der Waals surface area contributed by atoms with Crippen LogP contribution in [0.25, 0.3) is 0 Å². The Hall–Kier alpha value is -1.30. The second kappa shape index (κ2) is 6.23. The van der Waals surface area contributed by atoms with Crippen molar-refractivity contribution in [3.8, 4) is 0 Å². The number of rotatable bonds is 3. The molecule has 1 fully saturated rings. The van der Waals surface area contributed by atoms with E-state index in [1.54, 1.807) is 0 Å². The van der Waals surface area contributed by atoms with E-state index in [4.69, 9.17) is 9.47 Å². The van der Waals surface area contributed by atoms with Gasteiger partial charge in [-0.05, 0) is 27.8 Å². The largest absolute Gasteiger partial charge is 0.469 e. The van der Waals surface area contributed by atoms with Crippen molar-refractivity contribution in [2.75, 3.05) is 33.8 Å². The highest BCUT2D eigenvalue weighted by Crippen LogP contribution is 2.22. The molecule has 0 unspecified atom stereocenters. The van der Waals surface area contributed by atoms with E-state index in [-0.39, 0.29) is 17.8 Å². The summed E-state index contributed by atoms with van der Waals surface area (Å²) in [4.78, 5) is 25.3. The summed E-state index contributed by atoms with van der Waals surface area (Å²) >= 11 is 0. The highest BCUT2D eigenvalue weighted by molar-refractivity contribution is 5.73. The van der Waals surface area contributed by atoms with Crippen molar-refractivity contribution in [1.29, 1.82) is 0 Å². The highest BCUT2D eigenvalue weighted by Gasteiger charge is 2.37. The molecule has 0 bridgehead atoms. The van der Waals surface area contributed by atoms with Crippen LogP contribution < -0.4 is 5.32 Å². The van der Waals surface area contributed by atoms with Gasteiger partial charge < -0.3 is 19.7 Å². The van der Waals surface area contributed by atoms with Gasteiger partial charge in [0.05, 0.1) is 13.0 Å². The number of hydrogen-bond donors (Lipinski definition) is 1. The number of amides is 1. The van der Waals surface area contributed by atoms with Gasteiger partial charge in [-0.3, -0.25) is 4.79 Å². The Labute approximate surface area is 114 Å². The minimum atomic E-state index is -0.516. The predicted molar refractivity (Wildman–Crippen MR) is 70.7 cm³/mol. The first-order valence-corrected chi connectivity index (χ1v) is 6.46. The van der Waals surface area contributed by atoms with Crippen LogP contribution in [0.1, 0.15) is 20.8 Å². The first-order valence-electron chi connectivity index (χ1n) is 6.46. The van der Waals surface area contributed by atoms with Crippen LogP contribution in [0, 0.1) is 11.8 Å². The number of likely N-dealkylation sites (tertiary alicyclic amines) is 1. The van der Waals surface area contributed by atoms with E-state index in [1.165, 1.54) is 7.11 Å². The smallest absolute Gasteiger partial charge is 0.407 e. The van der Waals surface area contributed by atoms with E-state index in [0.29, 0.717) is 13.1 Å². The van der Waals surface area contributed by atoms with Gasteiger partial charge in [-0.1, -0.05) is 0 Å². The maximum Gasteiger partial charge on any atom is 0.407 e. The maximum atomic E-state index is 11.7. The van der Waals surface area contributed by atoms with Crippen molar-refractivity contribution in [3.05, 3.63) is 0 Å². The Morgan fingerprint density at radius 3 is 2.47 bits per heavy atom. The zero-order chi connectivity index (χ0) is 14.6. The fraction of sp³-hybridized carbons (Fsp3) is 0.846. The molecule has 1 saturated heterocycles. The molecule has 1 heterocycles. The molecule has 0 spiro atoms. The molecule has 110 valence electrons. The van der Waals surface area contributed by atoms with Crippen molar-refractivity contribution in [2.45, 2.75) is 26.4 Å². The Morgan fingerprint density at radius 1 is 1.32 bits per heavy atom. The molecule has 0 aromatic rings. The summed E-state index contributed by atoms with van der Waals surface area (Å²) in [5.41, 5.74) is -0.516. The first-order chi connectivity index (χ1) is 8.73. The van der Waals surface area contributed by atoms with Gasteiger partial charge in [-0.25, -0.2) is 4.79 Å². The quantitative estimate of drug-likeness (QED) is 0.772. The Balaban J connectivity index is 2.47. The standard InChI is InChI=1S/C13H24N2O4/c1-13(2,3)19-12(17)14-6-9-7-15(4)8-10(9)11(16)18-5/h9-10H,6-8H2,1-5H3,(H,14,17)/t9-,10+/m1/s1. The lowest BCUT2D eigenvalue weighted by Crippen LogP contribution is -2.38. The van der Waals surface area contributed by atoms with E-state index in [2.05, 4.69) is 10.2 Å². The molecule has 0 aliphatic carbocycles. The van der Waals surface area contributed by atoms with Crippen LogP contribution in [0.15, 0.2) is 0 Å². The lowest BCUT2D eigenvalue weighted by Gasteiger charge is -2.21. The van der Waals surface area contributed by atoms with Crippen molar-refractivity contribution in [2.24, 2.45) is 11.8 Å². The van der Waals surface area contributed by atoms with E-state index in [0.717, 1.165) is 6.54 Å². The Morgan fingerprint density at radius 2 is 1.95 bits per heavy atom. The van der Waals surface area contributed by atoms with Gasteiger partial charge in [-0.2, -0.15) is 0 Å². The number of alkyl carbamates (subject to hydrolysis) is 1. The molecule has 1 aliphatic heterocycles. The van der Waals surface area contributed by atoms with Gasteiger partial charge in [0.25, 0.3) is 0 Å². The molecule has 0 saturated carbocycles. The van der Waals surface area contributed by atoms with E-state index in [1.807, 2.05) is 27.8 Å². The topological polar surface area (TPSA) is 67.9 Å². The predicted octanol–water partition coefficient (Wildman–Crippen LogP) is 0.862. The van der Waals surface area contributed by atoms with Gasteiger partial charge in [-0.15, -0.1) is 0 Å². The summed E-state index contributed by atoms with van der Waals surface area (Å²) in [6, 6.07) is 0. The Kier molecular flexibility index (Phi) is 5.17. The summed E-state index contributed by atoms with van der Waals surface area (Å²) < 4.78 is 9.96. The maximum absolute atomic E-state index is 11.7. The number of nitrogens with zero attached hydrogens (tertiary/aromatic N) is 1. The molecule has 1 amide bonds. The summed E-state index contributed by atoms with van der Waals surface area (Å²) in [5.74, 6) is -0.352. The van der Waals surface area contributed by atoms with Gasteiger partial charge in [0, 0.05) is 25.6 Å². The molecular formula is C13H24N2O4. The molecule has 6 heteroatoms. The average molecular weight is 272 g/mol. The van der Waals surface area contributed by atoms with Crippen LogP contribution in [-0.2, 0) is 14.3 Å². The lowest BCUT2D eigenvalue weighted by atomic mass is 9.96. The second-order valence-electron chi connectivity index (χ2n) is 5.99.